The van der Waals surface area contributed by atoms with Gasteiger partial charge in [-0.15, -0.1) is 0 Å². The van der Waals surface area contributed by atoms with Crippen molar-refractivity contribution in [3.8, 4) is 0 Å². The average molecular weight is 271 g/mol. The largest absolute Gasteiger partial charge is 0.396 e. The molecule has 1 aromatic carbocycles. The Balaban J connectivity index is 3.27. The van der Waals surface area contributed by atoms with Crippen LogP contribution in [0, 0.1) is 0 Å². The summed E-state index contributed by atoms with van der Waals surface area (Å²) in [7, 11) is -1.87. The van der Waals surface area contributed by atoms with Crippen LogP contribution in [0.1, 0.15) is 26.7 Å². The van der Waals surface area contributed by atoms with Crippen molar-refractivity contribution in [1.29, 1.82) is 0 Å². The number of benzene rings is 1. The van der Waals surface area contributed by atoms with Crippen LogP contribution < -0.4 is 15.8 Å². The fourth-order valence-corrected chi connectivity index (χ4v) is 2.80. The lowest BCUT2D eigenvalue weighted by molar-refractivity contribution is 0.590. The third-order valence-electron chi connectivity index (χ3n) is 3.22. The summed E-state index contributed by atoms with van der Waals surface area (Å²) < 4.78 is 22.8. The van der Waals surface area contributed by atoms with E-state index in [1.54, 1.807) is 6.07 Å². The van der Waals surface area contributed by atoms with Gasteiger partial charge in [-0.25, -0.2) is 13.6 Å². The molecule has 0 fully saturated rings. The molecule has 0 bridgehead atoms. The first-order valence-electron chi connectivity index (χ1n) is 5.97. The Kier molecular flexibility index (Phi) is 4.59. The minimum Gasteiger partial charge on any atom is -0.396 e. The third-order valence-corrected chi connectivity index (χ3v) is 4.19. The maximum atomic E-state index is 11.4. The van der Waals surface area contributed by atoms with Gasteiger partial charge in [-0.1, -0.05) is 19.9 Å². The average Bonchev–Trinajstić information content (AvgIpc) is 2.29. The van der Waals surface area contributed by atoms with Crippen LogP contribution in [-0.2, 0) is 10.0 Å². The van der Waals surface area contributed by atoms with Gasteiger partial charge in [-0.05, 0) is 25.0 Å². The highest BCUT2D eigenvalue weighted by Crippen LogP contribution is 2.30. The van der Waals surface area contributed by atoms with Gasteiger partial charge in [0.25, 0.3) is 0 Å². The van der Waals surface area contributed by atoms with E-state index in [0.29, 0.717) is 11.7 Å². The van der Waals surface area contributed by atoms with Crippen molar-refractivity contribution in [2.75, 3.05) is 17.7 Å². The number of primary sulfonamides is 1. The van der Waals surface area contributed by atoms with Gasteiger partial charge >= 0.3 is 0 Å². The summed E-state index contributed by atoms with van der Waals surface area (Å²) in [5.41, 5.74) is 6.84. The molecule has 4 N–H and O–H groups in total. The van der Waals surface area contributed by atoms with E-state index in [1.165, 1.54) is 6.07 Å². The van der Waals surface area contributed by atoms with E-state index in [4.69, 9.17) is 10.9 Å². The molecule has 1 rings (SSSR count). The zero-order chi connectivity index (χ0) is 13.9. The van der Waals surface area contributed by atoms with Crippen molar-refractivity contribution in [3.05, 3.63) is 18.2 Å². The molecule has 0 amide bonds. The summed E-state index contributed by atoms with van der Waals surface area (Å²) in [5.74, 6) is 0. The van der Waals surface area contributed by atoms with Gasteiger partial charge < -0.3 is 10.6 Å². The van der Waals surface area contributed by atoms with Crippen LogP contribution in [0.25, 0.3) is 0 Å². The zero-order valence-corrected chi connectivity index (χ0v) is 11.9. The van der Waals surface area contributed by atoms with E-state index in [-0.39, 0.29) is 10.6 Å². The molecule has 0 atom stereocenters. The molecule has 0 spiro atoms. The number of nitrogen functional groups attached to an aromatic ring is 1. The van der Waals surface area contributed by atoms with Gasteiger partial charge in [0.15, 0.2) is 0 Å². The van der Waals surface area contributed by atoms with Crippen molar-refractivity contribution < 1.29 is 8.42 Å². The maximum Gasteiger partial charge on any atom is 0.240 e. The van der Waals surface area contributed by atoms with E-state index in [9.17, 15) is 8.42 Å². The number of nitrogens with two attached hydrogens (primary N) is 2. The lowest BCUT2D eigenvalue weighted by Gasteiger charge is -2.29. The Hall–Kier alpha value is -1.27. The SMILES string of the molecule is CCC(CC)N(C)c1cccc(S(N)(=O)=O)c1N. The molecule has 0 radical (unpaired) electrons. The number of nitrogens with zero attached hydrogens (tertiary/aromatic N) is 1. The van der Waals surface area contributed by atoms with Gasteiger partial charge in [0.2, 0.25) is 10.0 Å². The van der Waals surface area contributed by atoms with E-state index in [1.807, 2.05) is 18.0 Å². The Labute approximate surface area is 109 Å². The van der Waals surface area contributed by atoms with Crippen LogP contribution in [-0.4, -0.2) is 21.5 Å². The first kappa shape index (κ1) is 14.8. The Morgan fingerprint density at radius 1 is 1.28 bits per heavy atom. The first-order valence-corrected chi connectivity index (χ1v) is 7.51. The molecule has 5 nitrogen and oxygen atoms in total. The van der Waals surface area contributed by atoms with Crippen molar-refractivity contribution in [2.45, 2.75) is 37.6 Å². The van der Waals surface area contributed by atoms with Crippen molar-refractivity contribution in [1.82, 2.24) is 0 Å². The van der Waals surface area contributed by atoms with E-state index >= 15 is 0 Å². The molecule has 0 aromatic heterocycles. The standard InChI is InChI=1S/C12H21N3O2S/c1-4-9(5-2)15(3)10-7-6-8-11(12(10)13)18(14,16)17/h6-9H,4-5,13H2,1-3H3,(H2,14,16,17). The molecule has 0 unspecified atom stereocenters. The highest BCUT2D eigenvalue weighted by atomic mass is 32.2. The second-order valence-corrected chi connectivity index (χ2v) is 5.85. The molecule has 0 aliphatic carbocycles. The summed E-state index contributed by atoms with van der Waals surface area (Å²) in [6.45, 7) is 4.18. The van der Waals surface area contributed by atoms with Crippen LogP contribution >= 0.6 is 0 Å². The van der Waals surface area contributed by atoms with Gasteiger partial charge in [-0.3, -0.25) is 0 Å². The molecule has 18 heavy (non-hydrogen) atoms. The number of rotatable bonds is 5. The van der Waals surface area contributed by atoms with Gasteiger partial charge in [-0.2, -0.15) is 0 Å². The zero-order valence-electron chi connectivity index (χ0n) is 11.1. The van der Waals surface area contributed by atoms with Crippen molar-refractivity contribution in [2.24, 2.45) is 5.14 Å². The molecule has 0 aliphatic heterocycles. The highest BCUT2D eigenvalue weighted by Gasteiger charge is 2.19. The minimum atomic E-state index is -3.78. The Morgan fingerprint density at radius 2 is 1.83 bits per heavy atom. The van der Waals surface area contributed by atoms with Gasteiger partial charge in [0, 0.05) is 13.1 Å². The second kappa shape index (κ2) is 5.58. The summed E-state index contributed by atoms with van der Waals surface area (Å²) >= 11 is 0. The van der Waals surface area contributed by atoms with Gasteiger partial charge in [0.05, 0.1) is 11.4 Å². The molecule has 102 valence electrons. The van der Waals surface area contributed by atoms with Crippen LogP contribution in [0.4, 0.5) is 11.4 Å². The molecule has 0 saturated heterocycles. The monoisotopic (exact) mass is 271 g/mol. The number of hydrogen-bond acceptors (Lipinski definition) is 4. The van der Waals surface area contributed by atoms with E-state index < -0.39 is 10.0 Å². The van der Waals surface area contributed by atoms with Crippen LogP contribution in [0.15, 0.2) is 23.1 Å². The number of para-hydroxylation sites is 1. The van der Waals surface area contributed by atoms with E-state index in [2.05, 4.69) is 13.8 Å². The number of anilines is 2. The predicted molar refractivity (Wildman–Crippen MR) is 75.0 cm³/mol. The highest BCUT2D eigenvalue weighted by molar-refractivity contribution is 7.89. The van der Waals surface area contributed by atoms with Crippen LogP contribution in [0.3, 0.4) is 0 Å². The fraction of sp³-hybridized carbons (Fsp3) is 0.500. The third kappa shape index (κ3) is 2.94. The van der Waals surface area contributed by atoms with Crippen molar-refractivity contribution in [3.63, 3.8) is 0 Å². The molecular formula is C12H21N3O2S. The molecule has 1 aromatic rings. The molecular weight excluding hydrogens is 250 g/mol. The summed E-state index contributed by atoms with van der Waals surface area (Å²) in [4.78, 5) is 1.99. The van der Waals surface area contributed by atoms with Crippen LogP contribution in [0.5, 0.6) is 0 Å². The Bertz CT molecular complexity index is 510. The summed E-state index contributed by atoms with van der Waals surface area (Å²) in [6, 6.07) is 5.21. The second-order valence-electron chi connectivity index (χ2n) is 4.32. The number of sulfonamides is 1. The molecule has 0 saturated carbocycles. The van der Waals surface area contributed by atoms with Crippen molar-refractivity contribution >= 4 is 21.4 Å². The Morgan fingerprint density at radius 3 is 2.28 bits per heavy atom. The number of hydrogen-bond donors (Lipinski definition) is 2. The smallest absolute Gasteiger partial charge is 0.240 e. The predicted octanol–water partition coefficient (Wildman–Crippen LogP) is 1.54. The summed E-state index contributed by atoms with van der Waals surface area (Å²) in [5, 5.41) is 5.14. The molecule has 0 heterocycles. The topological polar surface area (TPSA) is 89.4 Å². The quantitative estimate of drug-likeness (QED) is 0.795. The molecule has 6 heteroatoms. The van der Waals surface area contributed by atoms with E-state index in [0.717, 1.165) is 12.8 Å². The van der Waals surface area contributed by atoms with Gasteiger partial charge in [0.1, 0.15) is 4.90 Å². The summed E-state index contributed by atoms with van der Waals surface area (Å²) in [6.07, 6.45) is 1.93. The maximum absolute atomic E-state index is 11.4. The molecule has 0 aliphatic rings. The lowest BCUT2D eigenvalue weighted by Crippen LogP contribution is -2.31. The van der Waals surface area contributed by atoms with Crippen LogP contribution in [0.2, 0.25) is 0 Å². The first-order chi connectivity index (χ1) is 8.32. The minimum absolute atomic E-state index is 0.0159. The normalized spacial score (nSPS) is 11.8. The lowest BCUT2D eigenvalue weighted by atomic mass is 10.1. The fourth-order valence-electron chi connectivity index (χ4n) is 2.12.